The summed E-state index contributed by atoms with van der Waals surface area (Å²) in [6.07, 6.45) is 0. The fourth-order valence-electron chi connectivity index (χ4n) is 1.14. The van der Waals surface area contributed by atoms with Gasteiger partial charge in [-0.3, -0.25) is 14.4 Å². The lowest BCUT2D eigenvalue weighted by atomic mass is 10.2. The number of rotatable bonds is 5. The summed E-state index contributed by atoms with van der Waals surface area (Å²) in [5.74, 6) is -1.57. The quantitative estimate of drug-likeness (QED) is 0.682. The SMILES string of the molecule is NC(=O)CNC(=O)CNC(=O)c1cccc(Cl)c1. The van der Waals surface area contributed by atoms with Crippen molar-refractivity contribution < 1.29 is 14.4 Å². The van der Waals surface area contributed by atoms with Crippen LogP contribution in [0.15, 0.2) is 24.3 Å². The smallest absolute Gasteiger partial charge is 0.251 e. The molecule has 1 aromatic carbocycles. The fraction of sp³-hybridized carbons (Fsp3) is 0.182. The molecule has 3 amide bonds. The highest BCUT2D eigenvalue weighted by atomic mass is 35.5. The highest BCUT2D eigenvalue weighted by Gasteiger charge is 2.08. The second-order valence-corrected chi connectivity index (χ2v) is 3.87. The van der Waals surface area contributed by atoms with Crippen molar-refractivity contribution in [2.75, 3.05) is 13.1 Å². The molecule has 0 aliphatic heterocycles. The van der Waals surface area contributed by atoms with Crippen LogP contribution in [0.25, 0.3) is 0 Å². The zero-order valence-electron chi connectivity index (χ0n) is 9.40. The molecular formula is C11H12ClN3O3. The van der Waals surface area contributed by atoms with E-state index >= 15 is 0 Å². The number of amides is 3. The predicted octanol–water partition coefficient (Wildman–Crippen LogP) is -0.329. The lowest BCUT2D eigenvalue weighted by Crippen LogP contribution is -2.40. The molecule has 0 aromatic heterocycles. The van der Waals surface area contributed by atoms with Gasteiger partial charge < -0.3 is 16.4 Å². The summed E-state index contributed by atoms with van der Waals surface area (Å²) in [5.41, 5.74) is 5.20. The summed E-state index contributed by atoms with van der Waals surface area (Å²) in [6, 6.07) is 6.32. The molecular weight excluding hydrogens is 258 g/mol. The van der Waals surface area contributed by atoms with Crippen molar-refractivity contribution >= 4 is 29.3 Å². The molecule has 0 radical (unpaired) electrons. The van der Waals surface area contributed by atoms with Crippen molar-refractivity contribution in [3.05, 3.63) is 34.9 Å². The highest BCUT2D eigenvalue weighted by Crippen LogP contribution is 2.10. The van der Waals surface area contributed by atoms with E-state index in [0.29, 0.717) is 10.6 Å². The number of hydrogen-bond acceptors (Lipinski definition) is 3. The van der Waals surface area contributed by atoms with E-state index in [-0.39, 0.29) is 13.1 Å². The van der Waals surface area contributed by atoms with Gasteiger partial charge in [0.15, 0.2) is 0 Å². The summed E-state index contributed by atoms with van der Waals surface area (Å²) >= 11 is 5.73. The maximum Gasteiger partial charge on any atom is 0.251 e. The second-order valence-electron chi connectivity index (χ2n) is 3.44. The van der Waals surface area contributed by atoms with Crippen LogP contribution in [0.5, 0.6) is 0 Å². The van der Waals surface area contributed by atoms with E-state index in [4.69, 9.17) is 17.3 Å². The molecule has 4 N–H and O–H groups in total. The van der Waals surface area contributed by atoms with Crippen LogP contribution in [0.4, 0.5) is 0 Å². The third kappa shape index (κ3) is 4.84. The normalized spacial score (nSPS) is 9.61. The minimum atomic E-state index is -0.649. The monoisotopic (exact) mass is 269 g/mol. The molecule has 0 atom stereocenters. The van der Waals surface area contributed by atoms with Gasteiger partial charge in [0.1, 0.15) is 0 Å². The van der Waals surface area contributed by atoms with Crippen LogP contribution in [-0.4, -0.2) is 30.8 Å². The van der Waals surface area contributed by atoms with E-state index < -0.39 is 17.7 Å². The van der Waals surface area contributed by atoms with Crippen LogP contribution in [0.3, 0.4) is 0 Å². The minimum Gasteiger partial charge on any atom is -0.368 e. The average Bonchev–Trinajstić information content (AvgIpc) is 2.33. The molecule has 6 nitrogen and oxygen atoms in total. The van der Waals surface area contributed by atoms with Gasteiger partial charge in [0.25, 0.3) is 5.91 Å². The number of carbonyl (C=O) groups is 3. The number of carbonyl (C=O) groups excluding carboxylic acids is 3. The molecule has 1 rings (SSSR count). The Morgan fingerprint density at radius 1 is 1.17 bits per heavy atom. The van der Waals surface area contributed by atoms with Crippen molar-refractivity contribution in [2.45, 2.75) is 0 Å². The number of nitrogens with one attached hydrogen (secondary N) is 2. The molecule has 0 saturated heterocycles. The van der Waals surface area contributed by atoms with Crippen molar-refractivity contribution in [1.82, 2.24) is 10.6 Å². The van der Waals surface area contributed by atoms with Crippen molar-refractivity contribution in [2.24, 2.45) is 5.73 Å². The Morgan fingerprint density at radius 3 is 2.50 bits per heavy atom. The lowest BCUT2D eigenvalue weighted by molar-refractivity contribution is -0.124. The maximum atomic E-state index is 11.6. The second kappa shape index (κ2) is 6.61. The number of nitrogens with two attached hydrogens (primary N) is 1. The first-order valence-corrected chi connectivity index (χ1v) is 5.45. The molecule has 96 valence electrons. The van der Waals surface area contributed by atoms with Gasteiger partial charge in [0.2, 0.25) is 11.8 Å². The number of primary amides is 1. The zero-order valence-corrected chi connectivity index (χ0v) is 10.2. The predicted molar refractivity (Wildman–Crippen MR) is 66.0 cm³/mol. The molecule has 0 aliphatic carbocycles. The van der Waals surface area contributed by atoms with Gasteiger partial charge in [0, 0.05) is 10.6 Å². The molecule has 0 fully saturated rings. The summed E-state index contributed by atoms with van der Waals surface area (Å²) in [5, 5.41) is 5.07. The first-order chi connectivity index (χ1) is 8.49. The number of halogens is 1. The standard InChI is InChI=1S/C11H12ClN3O3/c12-8-3-1-2-7(4-8)11(18)15-6-10(17)14-5-9(13)16/h1-4H,5-6H2,(H2,13,16)(H,14,17)(H,15,18). The molecule has 0 aliphatic rings. The maximum absolute atomic E-state index is 11.6. The van der Waals surface area contributed by atoms with Gasteiger partial charge in [-0.25, -0.2) is 0 Å². The Bertz CT molecular complexity index is 476. The summed E-state index contributed by atoms with van der Waals surface area (Å²) in [7, 11) is 0. The Labute approximate surface area is 108 Å². The van der Waals surface area contributed by atoms with Crippen molar-refractivity contribution in [3.63, 3.8) is 0 Å². The van der Waals surface area contributed by atoms with E-state index in [1.54, 1.807) is 18.2 Å². The van der Waals surface area contributed by atoms with E-state index in [1.165, 1.54) is 6.07 Å². The Kier molecular flexibility index (Phi) is 5.13. The molecule has 0 heterocycles. The molecule has 0 saturated carbocycles. The first kappa shape index (κ1) is 14.0. The van der Waals surface area contributed by atoms with Gasteiger partial charge in [-0.2, -0.15) is 0 Å². The first-order valence-electron chi connectivity index (χ1n) is 5.08. The Balaban J connectivity index is 2.42. The van der Waals surface area contributed by atoms with Gasteiger partial charge in [-0.15, -0.1) is 0 Å². The molecule has 1 aromatic rings. The third-order valence-electron chi connectivity index (χ3n) is 1.96. The Morgan fingerprint density at radius 2 is 1.89 bits per heavy atom. The summed E-state index contributed by atoms with van der Waals surface area (Å²) in [4.78, 5) is 33.2. The fourth-order valence-corrected chi connectivity index (χ4v) is 1.33. The van der Waals surface area contributed by atoms with E-state index in [2.05, 4.69) is 10.6 Å². The molecule has 18 heavy (non-hydrogen) atoms. The van der Waals surface area contributed by atoms with E-state index in [9.17, 15) is 14.4 Å². The van der Waals surface area contributed by atoms with E-state index in [1.807, 2.05) is 0 Å². The molecule has 7 heteroatoms. The van der Waals surface area contributed by atoms with Crippen molar-refractivity contribution in [3.8, 4) is 0 Å². The highest BCUT2D eigenvalue weighted by molar-refractivity contribution is 6.30. The van der Waals surface area contributed by atoms with Crippen LogP contribution in [0.1, 0.15) is 10.4 Å². The number of benzene rings is 1. The largest absolute Gasteiger partial charge is 0.368 e. The van der Waals surface area contributed by atoms with Crippen molar-refractivity contribution in [1.29, 1.82) is 0 Å². The van der Waals surface area contributed by atoms with Crippen LogP contribution in [0, 0.1) is 0 Å². The topological polar surface area (TPSA) is 101 Å². The molecule has 0 unspecified atom stereocenters. The van der Waals surface area contributed by atoms with Crippen LogP contribution in [0.2, 0.25) is 5.02 Å². The third-order valence-corrected chi connectivity index (χ3v) is 2.19. The van der Waals surface area contributed by atoms with Crippen LogP contribution >= 0.6 is 11.6 Å². The van der Waals surface area contributed by atoms with Gasteiger partial charge in [0.05, 0.1) is 13.1 Å². The van der Waals surface area contributed by atoms with Gasteiger partial charge >= 0.3 is 0 Å². The Hall–Kier alpha value is -2.08. The van der Waals surface area contributed by atoms with E-state index in [0.717, 1.165) is 0 Å². The molecule has 0 spiro atoms. The minimum absolute atomic E-state index is 0.237. The molecule has 0 bridgehead atoms. The summed E-state index contributed by atoms with van der Waals surface area (Å²) in [6.45, 7) is -0.496. The van der Waals surface area contributed by atoms with Gasteiger partial charge in [-0.05, 0) is 18.2 Å². The average molecular weight is 270 g/mol. The van der Waals surface area contributed by atoms with Gasteiger partial charge in [-0.1, -0.05) is 17.7 Å². The van der Waals surface area contributed by atoms with Crippen LogP contribution in [-0.2, 0) is 9.59 Å². The van der Waals surface area contributed by atoms with Crippen LogP contribution < -0.4 is 16.4 Å². The summed E-state index contributed by atoms with van der Waals surface area (Å²) < 4.78 is 0. The lowest BCUT2D eigenvalue weighted by Gasteiger charge is -2.05. The number of hydrogen-bond donors (Lipinski definition) is 3. The zero-order chi connectivity index (χ0) is 13.5.